The standard InChI is InChI=1S/C4H10NO.Na/c1-5(2)3-4-6;/h3-4H2,1-2H3;/q-1;+1. The van der Waals surface area contributed by atoms with Crippen LogP contribution in [0.3, 0.4) is 0 Å². The van der Waals surface area contributed by atoms with E-state index < -0.39 is 0 Å². The zero-order valence-electron chi connectivity index (χ0n) is 5.27. The van der Waals surface area contributed by atoms with E-state index in [-0.39, 0.29) is 36.2 Å². The van der Waals surface area contributed by atoms with Crippen LogP contribution in [-0.4, -0.2) is 32.1 Å². The van der Waals surface area contributed by atoms with E-state index in [9.17, 15) is 5.11 Å². The minimum atomic E-state index is 0. The summed E-state index contributed by atoms with van der Waals surface area (Å²) in [5.74, 6) is 0. The fourth-order valence-corrected chi connectivity index (χ4v) is 0.183. The molecule has 0 saturated heterocycles. The van der Waals surface area contributed by atoms with Gasteiger partial charge in [-0.05, 0) is 20.6 Å². The van der Waals surface area contributed by atoms with E-state index >= 15 is 0 Å². The largest absolute Gasteiger partial charge is 1.00 e. The molecule has 0 aromatic heterocycles. The Balaban J connectivity index is 0. The third-order valence-electron chi connectivity index (χ3n) is 0.539. The van der Waals surface area contributed by atoms with Crippen LogP contribution in [0.5, 0.6) is 0 Å². The Kier molecular flexibility index (Phi) is 10.7. The van der Waals surface area contributed by atoms with E-state index in [1.54, 1.807) is 0 Å². The van der Waals surface area contributed by atoms with Gasteiger partial charge in [0.2, 0.25) is 0 Å². The maximum atomic E-state index is 9.70. The van der Waals surface area contributed by atoms with Crippen molar-refractivity contribution in [1.29, 1.82) is 0 Å². The van der Waals surface area contributed by atoms with Crippen molar-refractivity contribution in [2.75, 3.05) is 27.2 Å². The van der Waals surface area contributed by atoms with Crippen molar-refractivity contribution in [3.05, 3.63) is 0 Å². The van der Waals surface area contributed by atoms with Gasteiger partial charge in [0.05, 0.1) is 0 Å². The molecule has 0 heterocycles. The molecule has 0 amide bonds. The van der Waals surface area contributed by atoms with Gasteiger partial charge < -0.3 is 10.0 Å². The molecule has 0 radical (unpaired) electrons. The number of hydrogen-bond donors (Lipinski definition) is 0. The quantitative estimate of drug-likeness (QED) is 0.339. The molecule has 0 fully saturated rings. The molecule has 0 aliphatic carbocycles. The van der Waals surface area contributed by atoms with Crippen LogP contribution >= 0.6 is 0 Å². The molecule has 0 aliphatic rings. The van der Waals surface area contributed by atoms with E-state index in [0.717, 1.165) is 0 Å². The molecule has 0 unspecified atom stereocenters. The predicted molar refractivity (Wildman–Crippen MR) is 23.4 cm³/mol. The van der Waals surface area contributed by atoms with Gasteiger partial charge in [-0.1, -0.05) is 0 Å². The summed E-state index contributed by atoms with van der Waals surface area (Å²) in [6.45, 7) is 0.660. The first-order chi connectivity index (χ1) is 2.77. The summed E-state index contributed by atoms with van der Waals surface area (Å²) in [6, 6.07) is 0. The predicted octanol–water partition coefficient (Wildman–Crippen LogP) is -4.09. The first-order valence-corrected chi connectivity index (χ1v) is 2.00. The van der Waals surface area contributed by atoms with Gasteiger partial charge >= 0.3 is 29.6 Å². The minimum Gasteiger partial charge on any atom is -0.854 e. The second kappa shape index (κ2) is 6.92. The first-order valence-electron chi connectivity index (χ1n) is 2.00. The average Bonchev–Trinajstić information content (AvgIpc) is 1.35. The molecule has 0 aromatic carbocycles. The fourth-order valence-electron chi connectivity index (χ4n) is 0.183. The van der Waals surface area contributed by atoms with Gasteiger partial charge in [-0.15, -0.1) is 6.61 Å². The van der Waals surface area contributed by atoms with E-state index in [1.165, 1.54) is 0 Å². The van der Waals surface area contributed by atoms with Crippen molar-refractivity contribution in [2.45, 2.75) is 0 Å². The van der Waals surface area contributed by atoms with E-state index in [2.05, 4.69) is 0 Å². The zero-order chi connectivity index (χ0) is 4.99. The van der Waals surface area contributed by atoms with Crippen LogP contribution in [0.4, 0.5) is 0 Å². The number of hydrogen-bond acceptors (Lipinski definition) is 2. The molecule has 0 aromatic rings. The molecule has 3 heteroatoms. The van der Waals surface area contributed by atoms with Gasteiger partial charge in [-0.25, -0.2) is 0 Å². The maximum Gasteiger partial charge on any atom is 1.00 e. The van der Waals surface area contributed by atoms with Gasteiger partial charge in [0.15, 0.2) is 0 Å². The van der Waals surface area contributed by atoms with Crippen LogP contribution in [0.1, 0.15) is 0 Å². The third kappa shape index (κ3) is 10.9. The van der Waals surface area contributed by atoms with Gasteiger partial charge in [0.1, 0.15) is 0 Å². The molecule has 38 valence electrons. The van der Waals surface area contributed by atoms with Gasteiger partial charge in [-0.2, -0.15) is 0 Å². The van der Waals surface area contributed by atoms with Crippen molar-refractivity contribution < 1.29 is 34.7 Å². The average molecular weight is 111 g/mol. The Morgan fingerprint density at radius 2 is 1.86 bits per heavy atom. The molecular formula is C4H10NNaO. The molecular weight excluding hydrogens is 101 g/mol. The summed E-state index contributed by atoms with van der Waals surface area (Å²) in [7, 11) is 3.77. The van der Waals surface area contributed by atoms with E-state index in [1.807, 2.05) is 19.0 Å². The summed E-state index contributed by atoms with van der Waals surface area (Å²) >= 11 is 0. The van der Waals surface area contributed by atoms with Crippen LogP contribution in [0.25, 0.3) is 0 Å². The second-order valence-corrected chi connectivity index (χ2v) is 1.51. The number of rotatable bonds is 2. The summed E-state index contributed by atoms with van der Waals surface area (Å²) in [5, 5.41) is 9.70. The molecule has 0 aliphatic heterocycles. The third-order valence-corrected chi connectivity index (χ3v) is 0.539. The van der Waals surface area contributed by atoms with Gasteiger partial charge in [-0.3, -0.25) is 0 Å². The number of likely N-dealkylation sites (N-methyl/N-ethyl adjacent to an activating group) is 1. The molecule has 2 nitrogen and oxygen atoms in total. The van der Waals surface area contributed by atoms with Crippen molar-refractivity contribution in [1.82, 2.24) is 4.90 Å². The van der Waals surface area contributed by atoms with Crippen molar-refractivity contribution in [3.8, 4) is 0 Å². The normalized spacial score (nSPS) is 8.57. The van der Waals surface area contributed by atoms with E-state index in [0.29, 0.717) is 6.54 Å². The molecule has 0 bridgehead atoms. The molecule has 0 saturated carbocycles. The maximum absolute atomic E-state index is 9.70. The Morgan fingerprint density at radius 1 is 1.43 bits per heavy atom. The van der Waals surface area contributed by atoms with Crippen molar-refractivity contribution in [2.24, 2.45) is 0 Å². The Hall–Kier alpha value is 0.920. The van der Waals surface area contributed by atoms with Crippen LogP contribution in [-0.2, 0) is 0 Å². The monoisotopic (exact) mass is 111 g/mol. The summed E-state index contributed by atoms with van der Waals surface area (Å²) in [4.78, 5) is 1.87. The van der Waals surface area contributed by atoms with Crippen LogP contribution in [0, 0.1) is 0 Å². The summed E-state index contributed by atoms with van der Waals surface area (Å²) in [5.41, 5.74) is 0. The van der Waals surface area contributed by atoms with E-state index in [4.69, 9.17) is 0 Å². The van der Waals surface area contributed by atoms with Crippen molar-refractivity contribution in [3.63, 3.8) is 0 Å². The Morgan fingerprint density at radius 3 is 1.86 bits per heavy atom. The van der Waals surface area contributed by atoms with Gasteiger partial charge in [0.25, 0.3) is 0 Å². The molecule has 0 spiro atoms. The topological polar surface area (TPSA) is 26.3 Å². The molecule has 0 N–H and O–H groups in total. The second-order valence-electron chi connectivity index (χ2n) is 1.51. The van der Waals surface area contributed by atoms with Gasteiger partial charge in [0, 0.05) is 0 Å². The zero-order valence-corrected chi connectivity index (χ0v) is 7.27. The minimum absolute atomic E-state index is 0. The summed E-state index contributed by atoms with van der Waals surface area (Å²) < 4.78 is 0. The number of nitrogens with zero attached hydrogens (tertiary/aromatic N) is 1. The molecule has 7 heavy (non-hydrogen) atoms. The molecule has 0 atom stereocenters. The molecule has 0 rings (SSSR count). The SMILES string of the molecule is CN(C)CC[O-].[Na+]. The summed E-state index contributed by atoms with van der Waals surface area (Å²) in [6.07, 6.45) is 0. The smallest absolute Gasteiger partial charge is 0.854 e. The van der Waals surface area contributed by atoms with Crippen LogP contribution in [0.15, 0.2) is 0 Å². The van der Waals surface area contributed by atoms with Crippen LogP contribution < -0.4 is 34.7 Å². The first kappa shape index (κ1) is 10.8. The van der Waals surface area contributed by atoms with Crippen LogP contribution in [0.2, 0.25) is 0 Å². The Labute approximate surface area is 66.8 Å². The van der Waals surface area contributed by atoms with Crippen molar-refractivity contribution >= 4 is 0 Å². The fraction of sp³-hybridized carbons (Fsp3) is 1.00. The Bertz CT molecular complexity index is 32.9.